The Morgan fingerprint density at radius 2 is 1.67 bits per heavy atom. The summed E-state index contributed by atoms with van der Waals surface area (Å²) < 4.78 is 29.4. The van der Waals surface area contributed by atoms with Crippen molar-refractivity contribution >= 4 is 42.6 Å². The summed E-state index contributed by atoms with van der Waals surface area (Å²) in [7, 11) is -3.55. The van der Waals surface area contributed by atoms with E-state index in [0.717, 1.165) is 49.4 Å². The summed E-state index contributed by atoms with van der Waals surface area (Å²) in [5, 5.41) is 1.01. The molecule has 0 N–H and O–H groups in total. The maximum atomic E-state index is 13.2. The van der Waals surface area contributed by atoms with E-state index in [9.17, 15) is 13.2 Å². The lowest BCUT2D eigenvalue weighted by Crippen LogP contribution is -2.48. The summed E-state index contributed by atoms with van der Waals surface area (Å²) in [5.74, 6) is -0.0565. The molecule has 36 heavy (non-hydrogen) atoms. The molecule has 1 amide bonds. The van der Waals surface area contributed by atoms with Crippen molar-refractivity contribution in [2.75, 3.05) is 37.6 Å². The maximum absolute atomic E-state index is 13.2. The van der Waals surface area contributed by atoms with Gasteiger partial charge in [0.2, 0.25) is 10.0 Å². The third-order valence-electron chi connectivity index (χ3n) is 7.52. The number of fused-ring (bicyclic) bond motifs is 1. The molecule has 1 unspecified atom stereocenters. The number of amides is 1. The molecular weight excluding hydrogens is 492 g/mol. The number of sulfonamides is 1. The topological polar surface area (TPSA) is 73.8 Å². The van der Waals surface area contributed by atoms with Crippen LogP contribution in [0.2, 0.25) is 0 Å². The minimum atomic E-state index is -3.55. The maximum Gasteiger partial charge on any atom is 0.253 e. The largest absolute Gasteiger partial charge is 0.345 e. The third-order valence-corrected chi connectivity index (χ3v) is 10.7. The molecule has 3 aromatic rings. The van der Waals surface area contributed by atoms with E-state index in [1.165, 1.54) is 15.8 Å². The van der Waals surface area contributed by atoms with Crippen LogP contribution < -0.4 is 4.90 Å². The van der Waals surface area contributed by atoms with E-state index in [1.54, 1.807) is 39.9 Å². The first kappa shape index (κ1) is 25.2. The third kappa shape index (κ3) is 4.64. The number of piperazine rings is 1. The summed E-state index contributed by atoms with van der Waals surface area (Å²) >= 11 is 1.72. The van der Waals surface area contributed by atoms with E-state index >= 15 is 0 Å². The van der Waals surface area contributed by atoms with Gasteiger partial charge in [-0.25, -0.2) is 13.4 Å². The number of carbonyl (C=O) groups is 1. The lowest BCUT2D eigenvalue weighted by atomic mass is 10.0. The number of nitrogens with zero attached hydrogens (tertiary/aromatic N) is 4. The molecule has 0 spiro atoms. The highest BCUT2D eigenvalue weighted by molar-refractivity contribution is 7.89. The Bertz CT molecular complexity index is 1320. The predicted octanol–water partition coefficient (Wildman–Crippen LogP) is 4.83. The van der Waals surface area contributed by atoms with Crippen LogP contribution in [0.5, 0.6) is 0 Å². The van der Waals surface area contributed by atoms with Gasteiger partial charge in [0.15, 0.2) is 5.13 Å². The van der Waals surface area contributed by atoms with Crippen LogP contribution in [0, 0.1) is 13.8 Å². The molecule has 2 aliphatic rings. The Morgan fingerprint density at radius 1 is 0.972 bits per heavy atom. The van der Waals surface area contributed by atoms with E-state index in [1.807, 2.05) is 11.8 Å². The molecule has 0 saturated carbocycles. The molecule has 1 aromatic heterocycles. The van der Waals surface area contributed by atoms with Gasteiger partial charge < -0.3 is 9.80 Å². The van der Waals surface area contributed by atoms with Gasteiger partial charge in [0.1, 0.15) is 0 Å². The van der Waals surface area contributed by atoms with Crippen molar-refractivity contribution in [1.29, 1.82) is 0 Å². The molecule has 2 aromatic carbocycles. The highest BCUT2D eigenvalue weighted by atomic mass is 32.2. The first-order chi connectivity index (χ1) is 17.3. The molecule has 0 radical (unpaired) electrons. The van der Waals surface area contributed by atoms with Crippen molar-refractivity contribution in [2.45, 2.75) is 57.4 Å². The van der Waals surface area contributed by atoms with Gasteiger partial charge in [-0.3, -0.25) is 4.79 Å². The van der Waals surface area contributed by atoms with Crippen LogP contribution in [-0.2, 0) is 10.0 Å². The molecule has 5 rings (SSSR count). The second-order valence-corrected chi connectivity index (χ2v) is 12.7. The molecule has 0 bridgehead atoms. The van der Waals surface area contributed by atoms with Crippen LogP contribution in [0.15, 0.2) is 41.3 Å². The number of hydrogen-bond acceptors (Lipinski definition) is 6. The standard InChI is InChI=1S/C27H34N4O3S2/c1-4-22-7-5-6-14-31(22)36(33,34)23-12-10-21(11-13-23)26(32)29-15-17-30(18-16-29)27-28-24-19(2)8-9-20(3)25(24)35-27/h8-13,22H,4-7,14-18H2,1-3H3. The van der Waals surface area contributed by atoms with Crippen LogP contribution in [0.3, 0.4) is 0 Å². The van der Waals surface area contributed by atoms with Gasteiger partial charge in [-0.15, -0.1) is 0 Å². The Balaban J connectivity index is 1.25. The van der Waals surface area contributed by atoms with Gasteiger partial charge in [-0.1, -0.05) is 36.8 Å². The monoisotopic (exact) mass is 526 g/mol. The van der Waals surface area contributed by atoms with Crippen molar-refractivity contribution in [1.82, 2.24) is 14.2 Å². The zero-order valence-electron chi connectivity index (χ0n) is 21.2. The second kappa shape index (κ2) is 10.1. The minimum absolute atomic E-state index is 0.0565. The summed E-state index contributed by atoms with van der Waals surface area (Å²) in [6, 6.07) is 10.8. The zero-order valence-corrected chi connectivity index (χ0v) is 22.9. The van der Waals surface area contributed by atoms with Crippen LogP contribution >= 0.6 is 11.3 Å². The number of anilines is 1. The second-order valence-electron chi connectivity index (χ2n) is 9.85. The first-order valence-corrected chi connectivity index (χ1v) is 15.1. The lowest BCUT2D eigenvalue weighted by molar-refractivity contribution is 0.0746. The number of piperidine rings is 1. The number of aryl methyl sites for hydroxylation is 2. The average Bonchev–Trinajstić information content (AvgIpc) is 3.38. The first-order valence-electron chi connectivity index (χ1n) is 12.8. The summed E-state index contributed by atoms with van der Waals surface area (Å²) in [4.78, 5) is 22.4. The van der Waals surface area contributed by atoms with Crippen LogP contribution in [0.25, 0.3) is 10.2 Å². The number of thiazole rings is 1. The van der Waals surface area contributed by atoms with E-state index in [4.69, 9.17) is 4.98 Å². The smallest absolute Gasteiger partial charge is 0.253 e. The van der Waals surface area contributed by atoms with Crippen LogP contribution in [0.4, 0.5) is 5.13 Å². The van der Waals surface area contributed by atoms with Gasteiger partial charge in [0, 0.05) is 44.3 Å². The molecule has 9 heteroatoms. The van der Waals surface area contributed by atoms with Crippen molar-refractivity contribution in [2.24, 2.45) is 0 Å². The van der Waals surface area contributed by atoms with Crippen molar-refractivity contribution in [3.8, 4) is 0 Å². The molecule has 2 aliphatic heterocycles. The molecule has 7 nitrogen and oxygen atoms in total. The fraction of sp³-hybridized carbons (Fsp3) is 0.481. The Kier molecular flexibility index (Phi) is 7.07. The summed E-state index contributed by atoms with van der Waals surface area (Å²) in [6.07, 6.45) is 3.70. The fourth-order valence-corrected chi connectivity index (χ4v) is 8.20. The molecule has 192 valence electrons. The Morgan fingerprint density at radius 3 is 2.33 bits per heavy atom. The van der Waals surface area contributed by atoms with Crippen LogP contribution in [-0.4, -0.2) is 67.3 Å². The number of aromatic nitrogens is 1. The molecule has 2 fully saturated rings. The minimum Gasteiger partial charge on any atom is -0.345 e. The molecule has 1 atom stereocenters. The van der Waals surface area contributed by atoms with E-state index < -0.39 is 10.0 Å². The predicted molar refractivity (Wildman–Crippen MR) is 145 cm³/mol. The quantitative estimate of drug-likeness (QED) is 0.476. The van der Waals surface area contributed by atoms with Crippen molar-refractivity contribution in [3.63, 3.8) is 0 Å². The Labute approximate surface area is 217 Å². The fourth-order valence-electron chi connectivity index (χ4n) is 5.27. The summed E-state index contributed by atoms with van der Waals surface area (Å²) in [6.45, 7) is 9.49. The normalized spacial score (nSPS) is 19.7. The number of hydrogen-bond donors (Lipinski definition) is 0. The van der Waals surface area contributed by atoms with Gasteiger partial charge >= 0.3 is 0 Å². The zero-order chi connectivity index (χ0) is 25.4. The summed E-state index contributed by atoms with van der Waals surface area (Å²) in [5.41, 5.74) is 4.02. The van der Waals surface area contributed by atoms with Gasteiger partial charge in [-0.2, -0.15) is 4.31 Å². The molecule has 3 heterocycles. The van der Waals surface area contributed by atoms with E-state index in [2.05, 4.69) is 30.9 Å². The Hall–Kier alpha value is -2.49. The lowest BCUT2D eigenvalue weighted by Gasteiger charge is -2.35. The SMILES string of the molecule is CCC1CCCCN1S(=O)(=O)c1ccc(C(=O)N2CCN(c3nc4c(C)ccc(C)c4s3)CC2)cc1. The van der Waals surface area contributed by atoms with Crippen molar-refractivity contribution in [3.05, 3.63) is 53.1 Å². The van der Waals surface area contributed by atoms with Crippen molar-refractivity contribution < 1.29 is 13.2 Å². The number of benzene rings is 2. The number of carbonyl (C=O) groups excluding carboxylic acids is 1. The van der Waals surface area contributed by atoms with E-state index in [-0.39, 0.29) is 16.8 Å². The van der Waals surface area contributed by atoms with Gasteiger partial charge in [0.25, 0.3) is 5.91 Å². The highest BCUT2D eigenvalue weighted by Crippen LogP contribution is 2.33. The van der Waals surface area contributed by atoms with Gasteiger partial charge in [-0.05, 0) is 68.5 Å². The highest BCUT2D eigenvalue weighted by Gasteiger charge is 2.32. The average molecular weight is 527 g/mol. The molecular formula is C27H34N4O3S2. The molecule has 0 aliphatic carbocycles. The van der Waals surface area contributed by atoms with E-state index in [0.29, 0.717) is 25.2 Å². The number of rotatable bonds is 5. The van der Waals surface area contributed by atoms with Crippen LogP contribution in [0.1, 0.15) is 54.1 Å². The van der Waals surface area contributed by atoms with Gasteiger partial charge in [0.05, 0.1) is 15.1 Å². The molecule has 2 saturated heterocycles.